The highest BCUT2D eigenvalue weighted by atomic mass is 16.4. The molecule has 0 saturated carbocycles. The molecule has 32 heavy (non-hydrogen) atoms. The van der Waals surface area contributed by atoms with Crippen LogP contribution in [0.15, 0.2) is 99.2 Å². The van der Waals surface area contributed by atoms with Gasteiger partial charge in [-0.05, 0) is 35.4 Å². The zero-order valence-electron chi connectivity index (χ0n) is 17.5. The summed E-state index contributed by atoms with van der Waals surface area (Å²) in [5.74, 6) is -0.0815. The highest BCUT2D eigenvalue weighted by molar-refractivity contribution is 6.03. The monoisotopic (exact) mass is 423 g/mol. The van der Waals surface area contributed by atoms with Gasteiger partial charge in [0.25, 0.3) is 0 Å². The van der Waals surface area contributed by atoms with E-state index in [4.69, 9.17) is 4.42 Å². The van der Waals surface area contributed by atoms with Gasteiger partial charge in [0.05, 0.1) is 17.4 Å². The normalized spacial score (nSPS) is 15.6. The second kappa shape index (κ2) is 8.15. The summed E-state index contributed by atoms with van der Waals surface area (Å²) in [6.07, 6.45) is 0.654. The molecule has 0 aliphatic carbocycles. The van der Waals surface area contributed by atoms with E-state index in [9.17, 15) is 9.59 Å². The Bertz CT molecular complexity index is 1380. The molecule has 3 aromatic carbocycles. The van der Waals surface area contributed by atoms with Crippen molar-refractivity contribution in [3.8, 4) is 0 Å². The quantitative estimate of drug-likeness (QED) is 0.456. The average Bonchev–Trinajstić information content (AvgIpc) is 3.26. The van der Waals surface area contributed by atoms with E-state index in [-0.39, 0.29) is 11.9 Å². The van der Waals surface area contributed by atoms with Gasteiger partial charge in [-0.2, -0.15) is 5.10 Å². The van der Waals surface area contributed by atoms with E-state index in [0.717, 1.165) is 27.9 Å². The number of hydrogen-bond donors (Lipinski definition) is 1. The Labute approximate surface area is 184 Å². The molecule has 1 amide bonds. The molecule has 0 fully saturated rings. The van der Waals surface area contributed by atoms with Crippen LogP contribution in [0, 0.1) is 0 Å². The molecule has 6 heteroatoms. The van der Waals surface area contributed by atoms with Crippen molar-refractivity contribution in [1.82, 2.24) is 5.01 Å². The summed E-state index contributed by atoms with van der Waals surface area (Å²) in [5, 5.41) is 10.3. The van der Waals surface area contributed by atoms with E-state index in [1.54, 1.807) is 11.1 Å². The fourth-order valence-electron chi connectivity index (χ4n) is 4.03. The lowest BCUT2D eigenvalue weighted by atomic mass is 9.98. The van der Waals surface area contributed by atoms with Crippen LogP contribution < -0.4 is 10.9 Å². The van der Waals surface area contributed by atoms with Gasteiger partial charge >= 0.3 is 5.63 Å². The molecule has 1 aliphatic rings. The van der Waals surface area contributed by atoms with E-state index in [1.165, 1.54) is 13.0 Å². The number of anilines is 2. The first-order chi connectivity index (χ1) is 15.6. The molecule has 2 heterocycles. The Morgan fingerprint density at radius 3 is 2.47 bits per heavy atom. The van der Waals surface area contributed by atoms with Crippen molar-refractivity contribution in [1.29, 1.82) is 0 Å². The zero-order chi connectivity index (χ0) is 22.1. The molecular weight excluding hydrogens is 402 g/mol. The number of carbonyl (C=O) groups is 1. The first-order valence-corrected chi connectivity index (χ1v) is 10.4. The maximum atomic E-state index is 12.2. The maximum absolute atomic E-state index is 12.2. The Morgan fingerprint density at radius 2 is 1.72 bits per heavy atom. The van der Waals surface area contributed by atoms with Crippen LogP contribution in [-0.2, 0) is 4.79 Å². The smallest absolute Gasteiger partial charge is 0.338 e. The molecule has 1 aliphatic heterocycles. The molecule has 0 radical (unpaired) electrons. The standard InChI is InChI=1S/C26H21N3O3/c1-17(30)29-24(19-7-3-2-4-8-19)15-22(28-29)18-11-13-20(14-12-18)27-23-16-26(31)32-25-10-6-5-9-21(23)25/h2-14,16,24,27H,15H2,1H3. The lowest BCUT2D eigenvalue weighted by Gasteiger charge is -2.20. The number of benzene rings is 3. The van der Waals surface area contributed by atoms with Crippen molar-refractivity contribution >= 4 is 34.0 Å². The Hall–Kier alpha value is -4.19. The predicted octanol–water partition coefficient (Wildman–Crippen LogP) is 5.23. The third-order valence-electron chi connectivity index (χ3n) is 5.56. The molecule has 1 atom stereocenters. The predicted molar refractivity (Wildman–Crippen MR) is 125 cm³/mol. The minimum atomic E-state index is -0.403. The van der Waals surface area contributed by atoms with Crippen molar-refractivity contribution in [2.24, 2.45) is 5.10 Å². The van der Waals surface area contributed by atoms with Crippen molar-refractivity contribution in [2.75, 3.05) is 5.32 Å². The molecule has 0 saturated heterocycles. The van der Waals surface area contributed by atoms with Crippen molar-refractivity contribution < 1.29 is 9.21 Å². The Balaban J connectivity index is 1.40. The number of hydrogen-bond acceptors (Lipinski definition) is 5. The molecule has 0 spiro atoms. The highest BCUT2D eigenvalue weighted by Crippen LogP contribution is 2.33. The Kier molecular flexibility index (Phi) is 5.03. The second-order valence-corrected chi connectivity index (χ2v) is 7.72. The third-order valence-corrected chi connectivity index (χ3v) is 5.56. The molecule has 1 N–H and O–H groups in total. The van der Waals surface area contributed by atoms with Crippen molar-refractivity contribution in [3.63, 3.8) is 0 Å². The maximum Gasteiger partial charge on any atom is 0.338 e. The van der Waals surface area contributed by atoms with Crippen molar-refractivity contribution in [3.05, 3.63) is 106 Å². The fourth-order valence-corrected chi connectivity index (χ4v) is 4.03. The molecule has 6 nitrogen and oxygen atoms in total. The number of fused-ring (bicyclic) bond motifs is 1. The van der Waals surface area contributed by atoms with E-state index in [0.29, 0.717) is 17.7 Å². The summed E-state index contributed by atoms with van der Waals surface area (Å²) < 4.78 is 5.26. The summed E-state index contributed by atoms with van der Waals surface area (Å²) >= 11 is 0. The van der Waals surface area contributed by atoms with Crippen LogP contribution >= 0.6 is 0 Å². The van der Waals surface area contributed by atoms with Crippen LogP contribution in [0.2, 0.25) is 0 Å². The SMILES string of the molecule is CC(=O)N1N=C(c2ccc(Nc3cc(=O)oc4ccccc34)cc2)CC1c1ccccc1. The molecule has 5 rings (SSSR count). The molecule has 1 unspecified atom stereocenters. The van der Waals surface area contributed by atoms with Gasteiger partial charge in [0, 0.05) is 30.5 Å². The second-order valence-electron chi connectivity index (χ2n) is 7.72. The minimum absolute atomic E-state index is 0.0815. The summed E-state index contributed by atoms with van der Waals surface area (Å²) in [4.78, 5) is 24.1. The topological polar surface area (TPSA) is 74.9 Å². The number of hydrazone groups is 1. The summed E-state index contributed by atoms with van der Waals surface area (Å²) in [7, 11) is 0. The van der Waals surface area contributed by atoms with Gasteiger partial charge in [-0.25, -0.2) is 9.80 Å². The summed E-state index contributed by atoms with van der Waals surface area (Å²) in [5.41, 5.74) is 4.55. The lowest BCUT2D eigenvalue weighted by Crippen LogP contribution is -2.24. The van der Waals surface area contributed by atoms with Crippen LogP contribution in [0.4, 0.5) is 11.4 Å². The lowest BCUT2D eigenvalue weighted by molar-refractivity contribution is -0.130. The number of para-hydroxylation sites is 1. The van der Waals surface area contributed by atoms with E-state index < -0.39 is 5.63 Å². The van der Waals surface area contributed by atoms with Crippen LogP contribution in [-0.4, -0.2) is 16.6 Å². The number of nitrogens with one attached hydrogen (secondary N) is 1. The van der Waals surface area contributed by atoms with E-state index in [1.807, 2.05) is 72.8 Å². The summed E-state index contributed by atoms with van der Waals surface area (Å²) in [6.45, 7) is 1.54. The number of rotatable bonds is 4. The fraction of sp³-hybridized carbons (Fsp3) is 0.115. The van der Waals surface area contributed by atoms with Gasteiger partial charge in [-0.1, -0.05) is 54.6 Å². The average molecular weight is 423 g/mol. The molecule has 4 aromatic rings. The molecule has 1 aromatic heterocycles. The first kappa shape index (κ1) is 19.8. The number of carbonyl (C=O) groups excluding carboxylic acids is 1. The molecular formula is C26H21N3O3. The van der Waals surface area contributed by atoms with Crippen LogP contribution in [0.5, 0.6) is 0 Å². The van der Waals surface area contributed by atoms with Gasteiger partial charge in [0.15, 0.2) is 0 Å². The van der Waals surface area contributed by atoms with Crippen LogP contribution in [0.3, 0.4) is 0 Å². The van der Waals surface area contributed by atoms with Gasteiger partial charge in [0.2, 0.25) is 5.91 Å². The zero-order valence-corrected chi connectivity index (χ0v) is 17.5. The molecule has 0 bridgehead atoms. The van der Waals surface area contributed by atoms with Crippen LogP contribution in [0.1, 0.15) is 30.5 Å². The first-order valence-electron chi connectivity index (χ1n) is 10.4. The number of nitrogens with zero attached hydrogens (tertiary/aromatic N) is 2. The minimum Gasteiger partial charge on any atom is -0.423 e. The summed E-state index contributed by atoms with van der Waals surface area (Å²) in [6, 6.07) is 26.5. The van der Waals surface area contributed by atoms with Crippen molar-refractivity contribution in [2.45, 2.75) is 19.4 Å². The van der Waals surface area contributed by atoms with Crippen LogP contribution in [0.25, 0.3) is 11.0 Å². The highest BCUT2D eigenvalue weighted by Gasteiger charge is 2.31. The third kappa shape index (κ3) is 3.78. The number of amides is 1. The van der Waals surface area contributed by atoms with Gasteiger partial charge in [-0.3, -0.25) is 4.79 Å². The van der Waals surface area contributed by atoms with Gasteiger partial charge < -0.3 is 9.73 Å². The Morgan fingerprint density at radius 1 is 1.00 bits per heavy atom. The van der Waals surface area contributed by atoms with E-state index >= 15 is 0 Å². The van der Waals surface area contributed by atoms with Gasteiger partial charge in [0.1, 0.15) is 5.58 Å². The van der Waals surface area contributed by atoms with E-state index in [2.05, 4.69) is 10.4 Å². The van der Waals surface area contributed by atoms with Gasteiger partial charge in [-0.15, -0.1) is 0 Å². The molecule has 158 valence electrons. The largest absolute Gasteiger partial charge is 0.423 e.